The van der Waals surface area contributed by atoms with Crippen molar-refractivity contribution in [2.45, 2.75) is 0 Å². The molecule has 2 aromatic heterocycles. The second-order valence-corrected chi connectivity index (χ2v) is 6.06. The molecule has 0 unspecified atom stereocenters. The van der Waals surface area contributed by atoms with Gasteiger partial charge in [0.25, 0.3) is 5.91 Å². The van der Waals surface area contributed by atoms with E-state index in [1.54, 1.807) is 42.5 Å². The molecule has 2 heterocycles. The molecule has 1 amide bonds. The van der Waals surface area contributed by atoms with Crippen molar-refractivity contribution >= 4 is 46.4 Å². The van der Waals surface area contributed by atoms with Crippen molar-refractivity contribution in [3.05, 3.63) is 75.6 Å². The Morgan fingerprint density at radius 1 is 1.04 bits per heavy atom. The van der Waals surface area contributed by atoms with Crippen molar-refractivity contribution in [1.82, 2.24) is 9.97 Å². The maximum absolute atomic E-state index is 12.2. The first kappa shape index (κ1) is 17.5. The number of carbonyl (C=O) groups is 1. The third-order valence-corrected chi connectivity index (χ3v) is 3.93. The first-order valence-corrected chi connectivity index (χ1v) is 8.17. The Hall–Kier alpha value is -2.34. The van der Waals surface area contributed by atoms with Gasteiger partial charge in [0.2, 0.25) is 5.88 Å². The minimum Gasteiger partial charge on any atom is -0.437 e. The fourth-order valence-electron chi connectivity index (χ4n) is 1.95. The van der Waals surface area contributed by atoms with Crippen LogP contribution < -0.4 is 10.1 Å². The van der Waals surface area contributed by atoms with Crippen LogP contribution in [0.4, 0.5) is 5.69 Å². The largest absolute Gasteiger partial charge is 0.437 e. The molecule has 0 aliphatic heterocycles. The van der Waals surface area contributed by atoms with Gasteiger partial charge in [0.1, 0.15) is 10.9 Å². The molecule has 0 saturated heterocycles. The summed E-state index contributed by atoms with van der Waals surface area (Å²) in [7, 11) is 0. The molecule has 0 radical (unpaired) electrons. The zero-order chi connectivity index (χ0) is 17.8. The molecule has 8 heteroatoms. The molecule has 0 spiro atoms. The third kappa shape index (κ3) is 4.39. The van der Waals surface area contributed by atoms with E-state index < -0.39 is 0 Å². The van der Waals surface area contributed by atoms with Crippen LogP contribution in [0.15, 0.2) is 54.9 Å². The lowest BCUT2D eigenvalue weighted by Gasteiger charge is -2.10. The fourth-order valence-corrected chi connectivity index (χ4v) is 2.49. The zero-order valence-corrected chi connectivity index (χ0v) is 14.8. The van der Waals surface area contributed by atoms with Crippen LogP contribution in [-0.2, 0) is 0 Å². The molecule has 5 nitrogen and oxygen atoms in total. The van der Waals surface area contributed by atoms with Gasteiger partial charge in [-0.25, -0.2) is 9.97 Å². The van der Waals surface area contributed by atoms with Gasteiger partial charge in [-0.3, -0.25) is 4.79 Å². The molecule has 0 saturated carbocycles. The van der Waals surface area contributed by atoms with Gasteiger partial charge in [0, 0.05) is 24.1 Å². The Bertz CT molecular complexity index is 917. The van der Waals surface area contributed by atoms with E-state index in [0.717, 1.165) is 0 Å². The number of aromatic nitrogens is 2. The van der Waals surface area contributed by atoms with Gasteiger partial charge in [0.05, 0.1) is 15.6 Å². The number of amides is 1. The van der Waals surface area contributed by atoms with Gasteiger partial charge in [-0.2, -0.15) is 0 Å². The van der Waals surface area contributed by atoms with E-state index in [2.05, 4.69) is 15.3 Å². The maximum Gasteiger partial charge on any atom is 0.258 e. The molecule has 0 bridgehead atoms. The van der Waals surface area contributed by atoms with E-state index in [9.17, 15) is 4.79 Å². The van der Waals surface area contributed by atoms with E-state index in [4.69, 9.17) is 39.5 Å². The topological polar surface area (TPSA) is 64.1 Å². The number of nitrogens with zero attached hydrogens (tertiary/aromatic N) is 2. The van der Waals surface area contributed by atoms with Crippen molar-refractivity contribution in [1.29, 1.82) is 0 Å². The monoisotopic (exact) mass is 393 g/mol. The van der Waals surface area contributed by atoms with Gasteiger partial charge in [-0.15, -0.1) is 0 Å². The molecule has 3 rings (SSSR count). The van der Waals surface area contributed by atoms with E-state index in [1.165, 1.54) is 12.4 Å². The van der Waals surface area contributed by atoms with E-state index >= 15 is 0 Å². The number of hydrogen-bond donors (Lipinski definition) is 1. The Labute approximate surface area is 158 Å². The van der Waals surface area contributed by atoms with Crippen molar-refractivity contribution in [2.75, 3.05) is 5.32 Å². The first-order valence-electron chi connectivity index (χ1n) is 7.04. The van der Waals surface area contributed by atoms with Crippen molar-refractivity contribution in [3.8, 4) is 11.6 Å². The lowest BCUT2D eigenvalue weighted by molar-refractivity contribution is 0.102. The highest BCUT2D eigenvalue weighted by Crippen LogP contribution is 2.31. The van der Waals surface area contributed by atoms with Crippen molar-refractivity contribution in [2.24, 2.45) is 0 Å². The summed E-state index contributed by atoms with van der Waals surface area (Å²) in [5.74, 6) is 0.362. The quantitative estimate of drug-likeness (QED) is 0.595. The number of pyridine rings is 2. The molecule has 1 aromatic carbocycles. The zero-order valence-electron chi connectivity index (χ0n) is 12.5. The standard InChI is InChI=1S/C17H10Cl3N3O2/c18-10-3-6-15(22-9-10)25-14-5-4-11(8-13(14)19)23-17(24)12-2-1-7-21-16(12)20/h1-9H,(H,23,24). The molecule has 126 valence electrons. The average molecular weight is 395 g/mol. The van der Waals surface area contributed by atoms with Crippen LogP contribution in [0.3, 0.4) is 0 Å². The summed E-state index contributed by atoms with van der Waals surface area (Å²) in [6.45, 7) is 0. The predicted octanol–water partition coefficient (Wildman–Crippen LogP) is 5.48. The Balaban J connectivity index is 1.74. The number of hydrogen-bond acceptors (Lipinski definition) is 4. The second kappa shape index (κ2) is 7.70. The van der Waals surface area contributed by atoms with Gasteiger partial charge in [-0.05, 0) is 36.4 Å². The maximum atomic E-state index is 12.2. The highest BCUT2D eigenvalue weighted by molar-refractivity contribution is 6.33. The second-order valence-electron chi connectivity index (χ2n) is 4.86. The number of carbonyl (C=O) groups excluding carboxylic acids is 1. The van der Waals surface area contributed by atoms with Crippen LogP contribution in [0.5, 0.6) is 11.6 Å². The smallest absolute Gasteiger partial charge is 0.258 e. The van der Waals surface area contributed by atoms with Crippen molar-refractivity contribution < 1.29 is 9.53 Å². The van der Waals surface area contributed by atoms with Gasteiger partial charge >= 0.3 is 0 Å². The van der Waals surface area contributed by atoms with Gasteiger partial charge in [-0.1, -0.05) is 34.8 Å². The summed E-state index contributed by atoms with van der Waals surface area (Å²) in [4.78, 5) is 20.1. The SMILES string of the molecule is O=C(Nc1ccc(Oc2ccc(Cl)cn2)c(Cl)c1)c1cccnc1Cl. The first-order chi connectivity index (χ1) is 12.0. The highest BCUT2D eigenvalue weighted by atomic mass is 35.5. The Morgan fingerprint density at radius 2 is 1.88 bits per heavy atom. The molecule has 0 fully saturated rings. The summed E-state index contributed by atoms with van der Waals surface area (Å²) in [5, 5.41) is 3.64. The Morgan fingerprint density at radius 3 is 2.56 bits per heavy atom. The molecular weight excluding hydrogens is 385 g/mol. The lowest BCUT2D eigenvalue weighted by atomic mass is 10.2. The summed E-state index contributed by atoms with van der Waals surface area (Å²) in [5.41, 5.74) is 0.761. The third-order valence-electron chi connectivity index (χ3n) is 3.11. The van der Waals surface area contributed by atoms with E-state index in [-0.39, 0.29) is 16.6 Å². The fraction of sp³-hybridized carbons (Fsp3) is 0. The van der Waals surface area contributed by atoms with Gasteiger partial charge < -0.3 is 10.1 Å². The number of ether oxygens (including phenoxy) is 1. The summed E-state index contributed by atoms with van der Waals surface area (Å²) >= 11 is 17.9. The lowest BCUT2D eigenvalue weighted by Crippen LogP contribution is -2.12. The number of benzene rings is 1. The van der Waals surface area contributed by atoms with Crippen LogP contribution >= 0.6 is 34.8 Å². The number of anilines is 1. The van der Waals surface area contributed by atoms with Crippen LogP contribution in [0.1, 0.15) is 10.4 Å². The molecule has 1 N–H and O–H groups in total. The Kier molecular flexibility index (Phi) is 5.38. The van der Waals surface area contributed by atoms with Crippen LogP contribution in [-0.4, -0.2) is 15.9 Å². The van der Waals surface area contributed by atoms with Crippen molar-refractivity contribution in [3.63, 3.8) is 0 Å². The van der Waals surface area contributed by atoms with Crippen LogP contribution in [0.2, 0.25) is 15.2 Å². The number of halogens is 3. The molecule has 0 aliphatic rings. The highest BCUT2D eigenvalue weighted by Gasteiger charge is 2.12. The average Bonchev–Trinajstić information content (AvgIpc) is 2.59. The minimum atomic E-state index is -0.387. The molecule has 0 aliphatic carbocycles. The summed E-state index contributed by atoms with van der Waals surface area (Å²) in [6.07, 6.45) is 2.98. The number of rotatable bonds is 4. The number of nitrogens with one attached hydrogen (secondary N) is 1. The predicted molar refractivity (Wildman–Crippen MR) is 98.0 cm³/mol. The van der Waals surface area contributed by atoms with Crippen LogP contribution in [0, 0.1) is 0 Å². The minimum absolute atomic E-state index is 0.125. The van der Waals surface area contributed by atoms with E-state index in [1.807, 2.05) is 0 Å². The molecular formula is C17H10Cl3N3O2. The normalized spacial score (nSPS) is 10.4. The molecule has 25 heavy (non-hydrogen) atoms. The summed E-state index contributed by atoms with van der Waals surface area (Å²) in [6, 6.07) is 11.3. The molecule has 0 atom stereocenters. The van der Waals surface area contributed by atoms with E-state index in [0.29, 0.717) is 27.4 Å². The van der Waals surface area contributed by atoms with Gasteiger partial charge in [0.15, 0.2) is 0 Å². The summed E-state index contributed by atoms with van der Waals surface area (Å²) < 4.78 is 5.58. The van der Waals surface area contributed by atoms with Crippen LogP contribution in [0.25, 0.3) is 0 Å². The molecule has 3 aromatic rings.